The van der Waals surface area contributed by atoms with Gasteiger partial charge in [-0.15, -0.1) is 0 Å². The predicted octanol–water partition coefficient (Wildman–Crippen LogP) is 3.46. The fraction of sp³-hybridized carbons (Fsp3) is 0.0667. The van der Waals surface area contributed by atoms with Gasteiger partial charge in [0.2, 0.25) is 5.91 Å². The van der Waals surface area contributed by atoms with E-state index >= 15 is 0 Å². The van der Waals surface area contributed by atoms with Crippen LogP contribution in [-0.4, -0.2) is 16.6 Å². The minimum Gasteiger partial charge on any atom is -0.324 e. The Morgan fingerprint density at radius 3 is 2.32 bits per heavy atom. The first-order valence-corrected chi connectivity index (χ1v) is 6.67. The van der Waals surface area contributed by atoms with Crippen molar-refractivity contribution in [1.82, 2.24) is 0 Å². The molecule has 0 aliphatic heterocycles. The summed E-state index contributed by atoms with van der Waals surface area (Å²) in [7, 11) is 0. The van der Waals surface area contributed by atoms with Crippen LogP contribution in [0.5, 0.6) is 0 Å². The number of ketones is 1. The molecule has 2 rings (SSSR count). The van der Waals surface area contributed by atoms with E-state index < -0.39 is 16.6 Å². The second-order valence-corrected chi connectivity index (χ2v) is 4.84. The summed E-state index contributed by atoms with van der Waals surface area (Å²) in [6.07, 6.45) is -0.372. The maximum Gasteiger partial charge on any atom is 0.269 e. The van der Waals surface area contributed by atoms with Gasteiger partial charge in [0.05, 0.1) is 22.1 Å². The first-order chi connectivity index (χ1) is 10.5. The van der Waals surface area contributed by atoms with Gasteiger partial charge in [0.25, 0.3) is 5.69 Å². The summed E-state index contributed by atoms with van der Waals surface area (Å²) in [5.41, 5.74) is 0.544. The van der Waals surface area contributed by atoms with Crippen LogP contribution >= 0.6 is 11.6 Å². The number of hydrogen-bond acceptors (Lipinski definition) is 4. The number of nitrogens with zero attached hydrogens (tertiary/aromatic N) is 1. The lowest BCUT2D eigenvalue weighted by molar-refractivity contribution is -0.384. The minimum absolute atomic E-state index is 0.114. The third kappa shape index (κ3) is 3.89. The number of halogens is 1. The first-order valence-electron chi connectivity index (χ1n) is 6.29. The van der Waals surface area contributed by atoms with Crippen molar-refractivity contribution in [3.05, 3.63) is 69.2 Å². The molecule has 22 heavy (non-hydrogen) atoms. The molecule has 0 unspecified atom stereocenters. The van der Waals surface area contributed by atoms with Gasteiger partial charge in [0, 0.05) is 17.7 Å². The van der Waals surface area contributed by atoms with Crippen molar-refractivity contribution >= 4 is 34.7 Å². The number of rotatable bonds is 5. The molecule has 0 atom stereocenters. The van der Waals surface area contributed by atoms with Gasteiger partial charge in [-0.1, -0.05) is 23.7 Å². The topological polar surface area (TPSA) is 89.3 Å². The molecule has 0 saturated heterocycles. The fourth-order valence-electron chi connectivity index (χ4n) is 1.77. The molecule has 2 aromatic rings. The third-order valence-electron chi connectivity index (χ3n) is 2.87. The Bertz CT molecular complexity index is 729. The average Bonchev–Trinajstić information content (AvgIpc) is 2.49. The molecule has 0 radical (unpaired) electrons. The van der Waals surface area contributed by atoms with Crippen molar-refractivity contribution in [2.45, 2.75) is 6.42 Å². The Morgan fingerprint density at radius 1 is 1.09 bits per heavy atom. The van der Waals surface area contributed by atoms with E-state index in [-0.39, 0.29) is 17.7 Å². The van der Waals surface area contributed by atoms with Gasteiger partial charge >= 0.3 is 0 Å². The highest BCUT2D eigenvalue weighted by Crippen LogP contribution is 2.21. The van der Waals surface area contributed by atoms with E-state index in [1.165, 1.54) is 24.3 Å². The highest BCUT2D eigenvalue weighted by molar-refractivity contribution is 6.33. The molecule has 0 aliphatic rings. The zero-order chi connectivity index (χ0) is 16.1. The Hall–Kier alpha value is -2.73. The van der Waals surface area contributed by atoms with Gasteiger partial charge in [-0.05, 0) is 24.3 Å². The molecule has 0 aliphatic carbocycles. The highest BCUT2D eigenvalue weighted by Gasteiger charge is 2.14. The summed E-state index contributed by atoms with van der Waals surface area (Å²) < 4.78 is 0. The number of hydrogen-bond donors (Lipinski definition) is 1. The lowest BCUT2D eigenvalue weighted by Crippen LogP contribution is -2.16. The number of Topliss-reactive ketones (excluding diaryl/α,β-unsaturated/α-hetero) is 1. The Balaban J connectivity index is 2.01. The number of para-hydroxylation sites is 1. The number of amides is 1. The molecule has 1 amide bonds. The van der Waals surface area contributed by atoms with Crippen LogP contribution in [0.15, 0.2) is 48.5 Å². The van der Waals surface area contributed by atoms with Crippen molar-refractivity contribution < 1.29 is 14.5 Å². The number of carbonyl (C=O) groups excluding carboxylic acids is 2. The lowest BCUT2D eigenvalue weighted by atomic mass is 10.1. The number of anilines is 1. The number of non-ortho nitro benzene ring substituents is 1. The second-order valence-electron chi connectivity index (χ2n) is 4.43. The predicted molar refractivity (Wildman–Crippen MR) is 82.1 cm³/mol. The van der Waals surface area contributed by atoms with Gasteiger partial charge in [0.15, 0.2) is 5.78 Å². The van der Waals surface area contributed by atoms with E-state index in [1.807, 2.05) is 0 Å². The summed E-state index contributed by atoms with van der Waals surface area (Å²) in [6.45, 7) is 0. The quantitative estimate of drug-likeness (QED) is 0.395. The number of carbonyl (C=O) groups is 2. The molecule has 0 aromatic heterocycles. The maximum absolute atomic E-state index is 11.9. The molecule has 112 valence electrons. The molecule has 0 bridgehead atoms. The van der Waals surface area contributed by atoms with E-state index in [4.69, 9.17) is 11.6 Å². The number of nitro benzene ring substituents is 1. The SMILES string of the molecule is O=C(CC(=O)c1ccc([N+](=O)[O-])cc1)Nc1ccccc1Cl. The largest absolute Gasteiger partial charge is 0.324 e. The Morgan fingerprint density at radius 2 is 1.73 bits per heavy atom. The van der Waals surface area contributed by atoms with Crippen LogP contribution in [0.1, 0.15) is 16.8 Å². The average molecular weight is 319 g/mol. The Labute approximate surface area is 130 Å². The first kappa shape index (κ1) is 15.7. The summed E-state index contributed by atoms with van der Waals surface area (Å²) >= 11 is 5.91. The van der Waals surface area contributed by atoms with E-state index in [0.29, 0.717) is 10.7 Å². The van der Waals surface area contributed by atoms with Gasteiger partial charge < -0.3 is 5.32 Å². The minimum atomic E-state index is -0.557. The van der Waals surface area contributed by atoms with Gasteiger partial charge in [-0.25, -0.2) is 0 Å². The monoisotopic (exact) mass is 318 g/mol. The molecular formula is C15H11ClN2O4. The third-order valence-corrected chi connectivity index (χ3v) is 3.20. The van der Waals surface area contributed by atoms with Crippen molar-refractivity contribution in [3.63, 3.8) is 0 Å². The summed E-state index contributed by atoms with van der Waals surface area (Å²) in [5.74, 6) is -0.934. The fourth-order valence-corrected chi connectivity index (χ4v) is 1.96. The van der Waals surface area contributed by atoms with Crippen molar-refractivity contribution in [3.8, 4) is 0 Å². The van der Waals surface area contributed by atoms with Crippen LogP contribution in [0, 0.1) is 10.1 Å². The zero-order valence-corrected chi connectivity index (χ0v) is 12.0. The maximum atomic E-state index is 11.9. The van der Waals surface area contributed by atoms with Crippen molar-refractivity contribution in [2.24, 2.45) is 0 Å². The van der Waals surface area contributed by atoms with Gasteiger partial charge in [0.1, 0.15) is 0 Å². The summed E-state index contributed by atoms with van der Waals surface area (Å²) in [6, 6.07) is 11.8. The van der Waals surface area contributed by atoms with Crippen LogP contribution in [0.25, 0.3) is 0 Å². The second kappa shape index (κ2) is 6.82. The molecular weight excluding hydrogens is 308 g/mol. The Kier molecular flexibility index (Phi) is 4.85. The molecule has 0 heterocycles. The molecule has 0 fully saturated rings. The van der Waals surface area contributed by atoms with Crippen molar-refractivity contribution in [1.29, 1.82) is 0 Å². The number of nitrogens with one attached hydrogen (secondary N) is 1. The van der Waals surface area contributed by atoms with Crippen LogP contribution in [0.2, 0.25) is 5.02 Å². The normalized spacial score (nSPS) is 10.0. The molecule has 0 saturated carbocycles. The number of nitro groups is 1. The van der Waals surface area contributed by atoms with Gasteiger partial charge in [-0.2, -0.15) is 0 Å². The molecule has 6 nitrogen and oxygen atoms in total. The van der Waals surface area contributed by atoms with Crippen LogP contribution in [0.4, 0.5) is 11.4 Å². The molecule has 1 N–H and O–H groups in total. The zero-order valence-electron chi connectivity index (χ0n) is 11.3. The van der Waals surface area contributed by atoms with Gasteiger partial charge in [-0.3, -0.25) is 19.7 Å². The smallest absolute Gasteiger partial charge is 0.269 e. The molecule has 7 heteroatoms. The van der Waals surface area contributed by atoms with Crippen LogP contribution in [0.3, 0.4) is 0 Å². The van der Waals surface area contributed by atoms with E-state index in [9.17, 15) is 19.7 Å². The van der Waals surface area contributed by atoms with Crippen LogP contribution in [-0.2, 0) is 4.79 Å². The van der Waals surface area contributed by atoms with E-state index in [0.717, 1.165) is 0 Å². The summed E-state index contributed by atoms with van der Waals surface area (Å²) in [4.78, 5) is 33.8. The number of benzene rings is 2. The standard InChI is InChI=1S/C15H11ClN2O4/c16-12-3-1-2-4-13(12)17-15(20)9-14(19)10-5-7-11(8-6-10)18(21)22/h1-8H,9H2,(H,17,20). The molecule has 0 spiro atoms. The summed E-state index contributed by atoms with van der Waals surface area (Å²) in [5, 5.41) is 13.5. The van der Waals surface area contributed by atoms with E-state index in [2.05, 4.69) is 5.32 Å². The van der Waals surface area contributed by atoms with E-state index in [1.54, 1.807) is 24.3 Å². The van der Waals surface area contributed by atoms with Crippen molar-refractivity contribution in [2.75, 3.05) is 5.32 Å². The molecule has 2 aromatic carbocycles. The van der Waals surface area contributed by atoms with Crippen LogP contribution < -0.4 is 5.32 Å². The highest BCUT2D eigenvalue weighted by atomic mass is 35.5. The lowest BCUT2D eigenvalue weighted by Gasteiger charge is -2.06.